The Morgan fingerprint density at radius 1 is 0.247 bits per heavy atom. The number of allylic oxidation sites excluding steroid dienone is 6. The molecule has 0 saturated heterocycles. The molecule has 0 aromatic carbocycles. The average molecular weight is 1140 g/mol. The molecule has 6 nitrogen and oxygen atoms in total. The molecule has 0 N–H and O–H groups in total. The molecule has 0 rings (SSSR count). The van der Waals surface area contributed by atoms with Crippen molar-refractivity contribution in [2.45, 2.75) is 412 Å². The van der Waals surface area contributed by atoms with Crippen molar-refractivity contribution in [3.63, 3.8) is 0 Å². The van der Waals surface area contributed by atoms with E-state index in [4.69, 9.17) is 14.2 Å². The van der Waals surface area contributed by atoms with Crippen molar-refractivity contribution in [2.75, 3.05) is 13.2 Å². The molecule has 1 atom stereocenters. The standard InChI is InChI=1S/C75H140O6/c1-4-7-10-13-16-19-22-25-28-30-31-32-33-34-35-36-37-38-39-40-41-42-43-45-47-50-53-56-59-62-65-68-74(77)80-71-72(70-79-73(76)67-64-61-58-55-52-49-46-27-24-21-18-15-12-9-6-3)81-75(78)69-66-63-60-57-54-51-48-44-29-26-23-20-17-14-11-8-5-2/h22,25,30-31,33-34,72H,4-21,23-24,26-29,32,35-71H2,1-3H3/b25-22-,31-30-,34-33-. The summed E-state index contributed by atoms with van der Waals surface area (Å²) in [5.74, 6) is -0.831. The van der Waals surface area contributed by atoms with Crippen LogP contribution in [0.2, 0.25) is 0 Å². The van der Waals surface area contributed by atoms with Crippen LogP contribution in [0.1, 0.15) is 406 Å². The number of carbonyl (C=O) groups excluding carboxylic acids is 3. The molecule has 476 valence electrons. The number of hydrogen-bond acceptors (Lipinski definition) is 6. The van der Waals surface area contributed by atoms with Gasteiger partial charge in [0.05, 0.1) is 0 Å². The van der Waals surface area contributed by atoms with Gasteiger partial charge in [0, 0.05) is 19.3 Å². The summed E-state index contributed by atoms with van der Waals surface area (Å²) in [5.41, 5.74) is 0. The molecule has 6 heteroatoms. The topological polar surface area (TPSA) is 78.9 Å². The molecule has 0 spiro atoms. The van der Waals surface area contributed by atoms with E-state index in [9.17, 15) is 14.4 Å². The van der Waals surface area contributed by atoms with Crippen LogP contribution in [0.4, 0.5) is 0 Å². The maximum absolute atomic E-state index is 12.9. The lowest BCUT2D eigenvalue weighted by Crippen LogP contribution is -2.30. The quantitative estimate of drug-likeness (QED) is 0.0261. The Bertz CT molecular complexity index is 1350. The van der Waals surface area contributed by atoms with Crippen molar-refractivity contribution in [1.82, 2.24) is 0 Å². The van der Waals surface area contributed by atoms with Gasteiger partial charge in [-0.1, -0.05) is 365 Å². The number of carbonyl (C=O) groups is 3. The van der Waals surface area contributed by atoms with E-state index in [1.165, 1.54) is 295 Å². The normalized spacial score (nSPS) is 12.2. The lowest BCUT2D eigenvalue weighted by atomic mass is 10.0. The first-order valence-corrected chi connectivity index (χ1v) is 36.5. The smallest absolute Gasteiger partial charge is 0.306 e. The molecule has 0 amide bonds. The van der Waals surface area contributed by atoms with Crippen LogP contribution in [0.15, 0.2) is 36.5 Å². The van der Waals surface area contributed by atoms with E-state index in [-0.39, 0.29) is 31.1 Å². The predicted molar refractivity (Wildman–Crippen MR) is 353 cm³/mol. The summed E-state index contributed by atoms with van der Waals surface area (Å²) in [5, 5.41) is 0. The Kier molecular flexibility index (Phi) is 68.1. The van der Waals surface area contributed by atoms with Gasteiger partial charge in [-0.3, -0.25) is 14.4 Å². The van der Waals surface area contributed by atoms with E-state index < -0.39 is 6.10 Å². The molecule has 0 aromatic rings. The fourth-order valence-corrected chi connectivity index (χ4v) is 11.2. The zero-order chi connectivity index (χ0) is 58.5. The molecular weight excluding hydrogens is 997 g/mol. The summed E-state index contributed by atoms with van der Waals surface area (Å²) in [4.78, 5) is 38.4. The Morgan fingerprint density at radius 2 is 0.444 bits per heavy atom. The number of ether oxygens (including phenoxy) is 3. The molecule has 0 bridgehead atoms. The SMILES string of the molecule is CCCCCCC/C=C\C/C=C\C/C=C\CCCCCCCCCCCCCCCCCCC(=O)OCC(COC(=O)CCCCCCCCCCCCCCCCC)OC(=O)CCCCCCCCCCCCCCCCCCC. The van der Waals surface area contributed by atoms with Crippen molar-refractivity contribution in [3.05, 3.63) is 36.5 Å². The second kappa shape index (κ2) is 70.1. The van der Waals surface area contributed by atoms with Gasteiger partial charge in [-0.2, -0.15) is 0 Å². The Balaban J connectivity index is 4.17. The molecular formula is C75H140O6. The van der Waals surface area contributed by atoms with Gasteiger partial charge in [0.1, 0.15) is 13.2 Å². The second-order valence-corrected chi connectivity index (χ2v) is 24.9. The van der Waals surface area contributed by atoms with Gasteiger partial charge in [0.2, 0.25) is 0 Å². The highest BCUT2D eigenvalue weighted by Crippen LogP contribution is 2.19. The molecule has 0 aromatic heterocycles. The molecule has 0 saturated carbocycles. The largest absolute Gasteiger partial charge is 0.462 e. The third-order valence-corrected chi connectivity index (χ3v) is 16.6. The van der Waals surface area contributed by atoms with Crippen molar-refractivity contribution < 1.29 is 28.6 Å². The van der Waals surface area contributed by atoms with E-state index in [1.807, 2.05) is 0 Å². The zero-order valence-corrected chi connectivity index (χ0v) is 54.8. The summed E-state index contributed by atoms with van der Waals surface area (Å²) >= 11 is 0. The van der Waals surface area contributed by atoms with Crippen LogP contribution in [-0.4, -0.2) is 37.2 Å². The number of rotatable bonds is 68. The number of hydrogen-bond donors (Lipinski definition) is 0. The summed E-state index contributed by atoms with van der Waals surface area (Å²) in [6.07, 6.45) is 87.5. The minimum Gasteiger partial charge on any atom is -0.462 e. The zero-order valence-electron chi connectivity index (χ0n) is 54.8. The van der Waals surface area contributed by atoms with Gasteiger partial charge in [-0.05, 0) is 57.8 Å². The predicted octanol–water partition coefficient (Wildman–Crippen LogP) is 25.1. The maximum Gasteiger partial charge on any atom is 0.306 e. The first kappa shape index (κ1) is 78.6. The summed E-state index contributed by atoms with van der Waals surface area (Å²) in [7, 11) is 0. The second-order valence-electron chi connectivity index (χ2n) is 24.9. The highest BCUT2D eigenvalue weighted by molar-refractivity contribution is 5.71. The molecule has 0 aliphatic heterocycles. The monoisotopic (exact) mass is 1140 g/mol. The van der Waals surface area contributed by atoms with Gasteiger partial charge in [0.25, 0.3) is 0 Å². The molecule has 81 heavy (non-hydrogen) atoms. The van der Waals surface area contributed by atoms with Crippen molar-refractivity contribution >= 4 is 17.9 Å². The molecule has 1 unspecified atom stereocenters. The van der Waals surface area contributed by atoms with Gasteiger partial charge in [-0.15, -0.1) is 0 Å². The highest BCUT2D eigenvalue weighted by atomic mass is 16.6. The third-order valence-electron chi connectivity index (χ3n) is 16.6. The van der Waals surface area contributed by atoms with Crippen LogP contribution in [0, 0.1) is 0 Å². The molecule has 0 heterocycles. The highest BCUT2D eigenvalue weighted by Gasteiger charge is 2.19. The van der Waals surface area contributed by atoms with Crippen LogP contribution in [0.3, 0.4) is 0 Å². The third kappa shape index (κ3) is 68.3. The summed E-state index contributed by atoms with van der Waals surface area (Å²) in [6, 6.07) is 0. The average Bonchev–Trinajstić information content (AvgIpc) is 3.47. The lowest BCUT2D eigenvalue weighted by molar-refractivity contribution is -0.167. The van der Waals surface area contributed by atoms with Gasteiger partial charge >= 0.3 is 17.9 Å². The maximum atomic E-state index is 12.9. The fourth-order valence-electron chi connectivity index (χ4n) is 11.2. The van der Waals surface area contributed by atoms with Crippen LogP contribution in [0.5, 0.6) is 0 Å². The van der Waals surface area contributed by atoms with Crippen molar-refractivity contribution in [2.24, 2.45) is 0 Å². The minimum atomic E-state index is -0.768. The Hall–Kier alpha value is -2.37. The van der Waals surface area contributed by atoms with Crippen LogP contribution in [-0.2, 0) is 28.6 Å². The van der Waals surface area contributed by atoms with Crippen molar-refractivity contribution in [3.8, 4) is 0 Å². The van der Waals surface area contributed by atoms with E-state index in [1.54, 1.807) is 0 Å². The van der Waals surface area contributed by atoms with E-state index in [2.05, 4.69) is 57.2 Å². The fraction of sp³-hybridized carbons (Fsp3) is 0.880. The van der Waals surface area contributed by atoms with E-state index >= 15 is 0 Å². The number of esters is 3. The summed E-state index contributed by atoms with van der Waals surface area (Å²) in [6.45, 7) is 6.71. The van der Waals surface area contributed by atoms with E-state index in [0.29, 0.717) is 19.3 Å². The van der Waals surface area contributed by atoms with Crippen LogP contribution < -0.4 is 0 Å². The van der Waals surface area contributed by atoms with E-state index in [0.717, 1.165) is 70.6 Å². The molecule has 0 aliphatic rings. The Labute approximate surface area is 506 Å². The first-order chi connectivity index (χ1) is 40.0. The lowest BCUT2D eigenvalue weighted by Gasteiger charge is -2.18. The summed E-state index contributed by atoms with van der Waals surface area (Å²) < 4.78 is 17.0. The van der Waals surface area contributed by atoms with Gasteiger partial charge in [-0.25, -0.2) is 0 Å². The van der Waals surface area contributed by atoms with Crippen LogP contribution >= 0.6 is 0 Å². The van der Waals surface area contributed by atoms with Gasteiger partial charge < -0.3 is 14.2 Å². The van der Waals surface area contributed by atoms with Crippen LogP contribution in [0.25, 0.3) is 0 Å². The first-order valence-electron chi connectivity index (χ1n) is 36.5. The molecule has 0 radical (unpaired) electrons. The molecule has 0 aliphatic carbocycles. The number of unbranched alkanes of at least 4 members (excludes halogenated alkanes) is 51. The Morgan fingerprint density at radius 3 is 0.691 bits per heavy atom. The minimum absolute atomic E-state index is 0.0643. The molecule has 0 fully saturated rings. The van der Waals surface area contributed by atoms with Crippen molar-refractivity contribution in [1.29, 1.82) is 0 Å². The van der Waals surface area contributed by atoms with Gasteiger partial charge in [0.15, 0.2) is 6.10 Å².